The van der Waals surface area contributed by atoms with Crippen LogP contribution in [0.2, 0.25) is 0 Å². The van der Waals surface area contributed by atoms with Crippen molar-refractivity contribution < 1.29 is 34.4 Å². The number of aliphatic hydroxyl groups excluding tert-OH is 1. The fourth-order valence-electron chi connectivity index (χ4n) is 1.71. The van der Waals surface area contributed by atoms with Crippen LogP contribution in [-0.4, -0.2) is 50.2 Å². The molecule has 6 N–H and O–H groups in total. The third-order valence-electron chi connectivity index (χ3n) is 3.03. The zero-order valence-corrected chi connectivity index (χ0v) is 10.4. The molecule has 0 aliphatic heterocycles. The molecule has 0 aromatic heterocycles. The Morgan fingerprint density at radius 2 is 1.94 bits per heavy atom. The minimum Gasteiger partial charge on any atom is -0.481 e. The van der Waals surface area contributed by atoms with Gasteiger partial charge >= 0.3 is 11.9 Å². The number of carboxylic acid groups (broad SMARTS) is 2. The third-order valence-corrected chi connectivity index (χ3v) is 5.14. The average molecular weight is 281 g/mol. The maximum Gasteiger partial charge on any atom is 0.320 e. The molecule has 104 valence electrons. The first-order chi connectivity index (χ1) is 8.16. The van der Waals surface area contributed by atoms with E-state index in [2.05, 4.69) is 0 Å². The highest BCUT2D eigenvalue weighted by Crippen LogP contribution is 2.57. The summed E-state index contributed by atoms with van der Waals surface area (Å²) < 4.78 is 11.8. The molecule has 0 radical (unpaired) electrons. The van der Waals surface area contributed by atoms with Crippen LogP contribution in [0.5, 0.6) is 0 Å². The van der Waals surface area contributed by atoms with E-state index in [0.717, 1.165) is 0 Å². The molecule has 0 spiro atoms. The maximum absolute atomic E-state index is 11.8. The second kappa shape index (κ2) is 5.36. The van der Waals surface area contributed by atoms with Crippen molar-refractivity contribution in [2.24, 2.45) is 17.6 Å². The van der Waals surface area contributed by atoms with E-state index in [1.54, 1.807) is 0 Å². The molecule has 5 atom stereocenters. The van der Waals surface area contributed by atoms with Gasteiger partial charge < -0.3 is 25.9 Å². The van der Waals surface area contributed by atoms with Crippen LogP contribution in [-0.2, 0) is 14.2 Å². The fourth-order valence-corrected chi connectivity index (χ4v) is 3.55. The van der Waals surface area contributed by atoms with Gasteiger partial charge in [0.2, 0.25) is 7.37 Å². The van der Waals surface area contributed by atoms with Gasteiger partial charge in [-0.1, -0.05) is 0 Å². The Morgan fingerprint density at radius 3 is 2.33 bits per heavy atom. The van der Waals surface area contributed by atoms with Crippen LogP contribution in [0, 0.1) is 11.8 Å². The average Bonchev–Trinajstić information content (AvgIpc) is 3.04. The number of hydrogen-bond acceptors (Lipinski definition) is 5. The van der Waals surface area contributed by atoms with Gasteiger partial charge in [-0.25, -0.2) is 0 Å². The summed E-state index contributed by atoms with van der Waals surface area (Å²) in [5, 5.41) is 26.8. The van der Waals surface area contributed by atoms with Gasteiger partial charge in [0.15, 0.2) is 0 Å². The van der Waals surface area contributed by atoms with E-state index >= 15 is 0 Å². The van der Waals surface area contributed by atoms with E-state index in [9.17, 15) is 24.2 Å². The van der Waals surface area contributed by atoms with Crippen LogP contribution in [0.15, 0.2) is 0 Å². The van der Waals surface area contributed by atoms with E-state index < -0.39 is 49.2 Å². The zero-order chi connectivity index (χ0) is 14.1. The number of aliphatic carboxylic acids is 2. The Hall–Kier alpha value is -0.950. The number of carbonyl (C=O) groups is 2. The van der Waals surface area contributed by atoms with E-state index in [-0.39, 0.29) is 12.8 Å². The summed E-state index contributed by atoms with van der Waals surface area (Å²) in [6.45, 7) is 0. The predicted octanol–water partition coefficient (Wildman–Crippen LogP) is -0.902. The summed E-state index contributed by atoms with van der Waals surface area (Å²) in [5.41, 5.74) is 5.18. The Labute approximate surface area is 103 Å². The lowest BCUT2D eigenvalue weighted by Gasteiger charge is -2.18. The molecule has 1 fully saturated rings. The number of nitrogens with two attached hydrogens (primary N) is 1. The van der Waals surface area contributed by atoms with Gasteiger partial charge in [0.1, 0.15) is 11.9 Å². The Bertz CT molecular complexity index is 398. The summed E-state index contributed by atoms with van der Waals surface area (Å²) >= 11 is 0. The Morgan fingerprint density at radius 1 is 1.39 bits per heavy atom. The first kappa shape index (κ1) is 15.1. The summed E-state index contributed by atoms with van der Waals surface area (Å²) in [6, 6.07) is -1.27. The predicted molar refractivity (Wildman–Crippen MR) is 60.2 cm³/mol. The van der Waals surface area contributed by atoms with Crippen molar-refractivity contribution in [3.8, 4) is 0 Å². The molecule has 0 bridgehead atoms. The molecule has 1 unspecified atom stereocenters. The third kappa shape index (κ3) is 3.52. The molecule has 8 nitrogen and oxygen atoms in total. The minimum absolute atomic E-state index is 0.159. The largest absolute Gasteiger partial charge is 0.481 e. The summed E-state index contributed by atoms with van der Waals surface area (Å²) in [4.78, 5) is 30.6. The highest BCUT2D eigenvalue weighted by atomic mass is 31.2. The van der Waals surface area contributed by atoms with Crippen molar-refractivity contribution in [3.63, 3.8) is 0 Å². The second-order valence-electron chi connectivity index (χ2n) is 4.47. The molecule has 1 aliphatic rings. The first-order valence-corrected chi connectivity index (χ1v) is 7.29. The quantitative estimate of drug-likeness (QED) is 0.375. The second-order valence-corrected chi connectivity index (χ2v) is 6.96. The van der Waals surface area contributed by atoms with Gasteiger partial charge in [0, 0.05) is 12.1 Å². The van der Waals surface area contributed by atoms with Crippen LogP contribution in [0.1, 0.15) is 12.8 Å². The van der Waals surface area contributed by atoms with Crippen molar-refractivity contribution in [1.29, 1.82) is 0 Å². The van der Waals surface area contributed by atoms with Crippen molar-refractivity contribution in [2.45, 2.75) is 24.7 Å². The molecule has 9 heteroatoms. The van der Waals surface area contributed by atoms with Gasteiger partial charge in [0.25, 0.3) is 0 Å². The fraction of sp³-hybridized carbons (Fsp3) is 0.778. The lowest BCUT2D eigenvalue weighted by Crippen LogP contribution is -2.31. The molecule has 0 heterocycles. The normalized spacial score (nSPS) is 29.1. The lowest BCUT2D eigenvalue weighted by molar-refractivity contribution is -0.139. The molecule has 0 amide bonds. The summed E-state index contributed by atoms with van der Waals surface area (Å²) in [5.74, 6) is -5.56. The summed E-state index contributed by atoms with van der Waals surface area (Å²) in [6.07, 6.45) is -0.527. The first-order valence-electron chi connectivity index (χ1n) is 5.37. The van der Waals surface area contributed by atoms with Crippen LogP contribution in [0.3, 0.4) is 0 Å². The van der Waals surface area contributed by atoms with E-state index in [1.165, 1.54) is 0 Å². The van der Waals surface area contributed by atoms with Crippen molar-refractivity contribution >= 4 is 19.3 Å². The monoisotopic (exact) mass is 281 g/mol. The number of carboxylic acids is 2. The molecule has 1 rings (SSSR count). The van der Waals surface area contributed by atoms with Crippen molar-refractivity contribution in [3.05, 3.63) is 0 Å². The van der Waals surface area contributed by atoms with E-state index in [4.69, 9.17) is 15.9 Å². The van der Waals surface area contributed by atoms with E-state index in [0.29, 0.717) is 0 Å². The van der Waals surface area contributed by atoms with Crippen LogP contribution >= 0.6 is 7.37 Å². The smallest absolute Gasteiger partial charge is 0.320 e. The maximum atomic E-state index is 11.8. The summed E-state index contributed by atoms with van der Waals surface area (Å²) in [7, 11) is -4.00. The SMILES string of the molecule is N[C@@H](CCP(=O)(O)[C@H](O)[C@@H]1C[C@H]1C(=O)O)C(=O)O. The molecule has 1 saturated carbocycles. The molecule has 0 aromatic carbocycles. The Kier molecular flexibility index (Phi) is 4.50. The van der Waals surface area contributed by atoms with Crippen LogP contribution in [0.4, 0.5) is 0 Å². The molecular weight excluding hydrogens is 265 g/mol. The molecule has 0 aromatic rings. The standard InChI is InChI=1S/C9H16NO7P/c10-6(8(13)14)1-2-18(16,17)9(15)5-3-4(5)7(11)12/h4-6,9,15H,1-3,10H2,(H,11,12)(H,13,14)(H,16,17)/t4-,5-,6+,9+/m1/s1. The number of hydrogen-bond donors (Lipinski definition) is 5. The molecule has 1 aliphatic carbocycles. The van der Waals surface area contributed by atoms with Gasteiger partial charge in [-0.2, -0.15) is 0 Å². The highest BCUT2D eigenvalue weighted by Gasteiger charge is 2.53. The molecule has 0 saturated heterocycles. The van der Waals surface area contributed by atoms with Gasteiger partial charge in [-0.15, -0.1) is 0 Å². The zero-order valence-electron chi connectivity index (χ0n) is 9.47. The lowest BCUT2D eigenvalue weighted by atomic mass is 10.2. The van der Waals surface area contributed by atoms with Crippen LogP contribution in [0.25, 0.3) is 0 Å². The van der Waals surface area contributed by atoms with E-state index in [1.807, 2.05) is 0 Å². The van der Waals surface area contributed by atoms with Crippen molar-refractivity contribution in [1.82, 2.24) is 0 Å². The van der Waals surface area contributed by atoms with Gasteiger partial charge in [-0.3, -0.25) is 14.2 Å². The molecule has 18 heavy (non-hydrogen) atoms. The number of aliphatic hydroxyl groups is 1. The Balaban J connectivity index is 2.51. The minimum atomic E-state index is -4.00. The topological polar surface area (TPSA) is 158 Å². The van der Waals surface area contributed by atoms with Crippen LogP contribution < -0.4 is 5.73 Å². The van der Waals surface area contributed by atoms with Gasteiger partial charge in [0.05, 0.1) is 5.92 Å². The number of rotatable bonds is 7. The van der Waals surface area contributed by atoms with Crippen molar-refractivity contribution in [2.75, 3.05) is 6.16 Å². The highest BCUT2D eigenvalue weighted by molar-refractivity contribution is 7.58. The van der Waals surface area contributed by atoms with Gasteiger partial charge in [-0.05, 0) is 12.8 Å². The molecular formula is C9H16NO7P.